The van der Waals surface area contributed by atoms with E-state index in [0.29, 0.717) is 6.61 Å². The van der Waals surface area contributed by atoms with Gasteiger partial charge in [-0.05, 0) is 58.3 Å². The van der Waals surface area contributed by atoms with E-state index in [2.05, 4.69) is 17.3 Å². The lowest BCUT2D eigenvalue weighted by Crippen LogP contribution is -2.35. The number of hydrogen-bond donors (Lipinski definition) is 2. The van der Waals surface area contributed by atoms with Gasteiger partial charge in [0.2, 0.25) is 0 Å². The van der Waals surface area contributed by atoms with E-state index in [9.17, 15) is 4.79 Å². The first-order valence-electron chi connectivity index (χ1n) is 12.3. The minimum Gasteiger partial charge on any atom is -0.443 e. The van der Waals surface area contributed by atoms with Crippen LogP contribution in [0.4, 0.5) is 10.5 Å². The first-order valence-corrected chi connectivity index (χ1v) is 12.3. The number of amides is 1. The number of anilines is 1. The minimum absolute atomic E-state index is 0.313. The molecule has 1 amide bonds. The van der Waals surface area contributed by atoms with Crippen molar-refractivity contribution in [2.24, 2.45) is 0 Å². The molecule has 2 N–H and O–H groups in total. The third kappa shape index (κ3) is 10.9. The molecule has 5 heteroatoms. The molecule has 5 nitrogen and oxygen atoms in total. The van der Waals surface area contributed by atoms with Gasteiger partial charge in [-0.2, -0.15) is 0 Å². The highest BCUT2D eigenvalue weighted by Crippen LogP contribution is 2.28. The highest BCUT2D eigenvalue weighted by molar-refractivity contribution is 5.91. The Balaban J connectivity index is 1.71. The van der Waals surface area contributed by atoms with Crippen LogP contribution in [0.25, 0.3) is 11.1 Å². The number of carbonyl (C=O) groups is 1. The number of ether oxygens (including phenoxy) is 1. The molecule has 182 valence electrons. The molecule has 0 heterocycles. The fourth-order valence-corrected chi connectivity index (χ4v) is 3.85. The van der Waals surface area contributed by atoms with Gasteiger partial charge in [0, 0.05) is 18.7 Å². The van der Waals surface area contributed by atoms with Crippen molar-refractivity contribution in [3.8, 4) is 11.1 Å². The first kappa shape index (κ1) is 26.9. The normalized spacial score (nSPS) is 11.5. The molecule has 0 fully saturated rings. The van der Waals surface area contributed by atoms with Gasteiger partial charge in [-0.15, -0.1) is 0 Å². The zero-order valence-corrected chi connectivity index (χ0v) is 20.7. The Bertz CT molecular complexity index is 808. The molecule has 0 aliphatic carbocycles. The summed E-state index contributed by atoms with van der Waals surface area (Å²) in [6.07, 6.45) is 8.59. The monoisotopic (exact) mass is 454 g/mol. The topological polar surface area (TPSA) is 61.8 Å². The molecular weight excluding hydrogens is 412 g/mol. The summed E-state index contributed by atoms with van der Waals surface area (Å²) in [7, 11) is 2.13. The highest BCUT2D eigenvalue weighted by atomic mass is 16.6. The average Bonchev–Trinajstić information content (AvgIpc) is 2.80. The molecule has 0 aliphatic heterocycles. The summed E-state index contributed by atoms with van der Waals surface area (Å²) in [6.45, 7) is 6.19. The zero-order chi connectivity index (χ0) is 23.9. The van der Waals surface area contributed by atoms with Gasteiger partial charge in [0.15, 0.2) is 0 Å². The Hall–Kier alpha value is -2.37. The van der Waals surface area contributed by atoms with Crippen molar-refractivity contribution in [2.75, 3.05) is 32.1 Å². The molecule has 0 spiro atoms. The number of aliphatic hydroxyl groups is 1. The van der Waals surface area contributed by atoms with E-state index >= 15 is 0 Å². The molecular formula is C28H42N2O3. The van der Waals surface area contributed by atoms with Crippen molar-refractivity contribution >= 4 is 11.8 Å². The molecule has 0 saturated heterocycles. The third-order valence-electron chi connectivity index (χ3n) is 5.91. The van der Waals surface area contributed by atoms with Gasteiger partial charge in [0.05, 0.1) is 5.69 Å². The second-order valence-corrected chi connectivity index (χ2v) is 9.44. The Morgan fingerprint density at radius 3 is 2.18 bits per heavy atom. The summed E-state index contributed by atoms with van der Waals surface area (Å²) in [6, 6.07) is 17.8. The van der Waals surface area contributed by atoms with Crippen molar-refractivity contribution in [3.63, 3.8) is 0 Å². The first-order chi connectivity index (χ1) is 15.9. The summed E-state index contributed by atoms with van der Waals surface area (Å²) in [4.78, 5) is 15.0. The van der Waals surface area contributed by atoms with Gasteiger partial charge >= 0.3 is 6.09 Å². The predicted octanol–water partition coefficient (Wildman–Crippen LogP) is 6.73. The van der Waals surface area contributed by atoms with Gasteiger partial charge in [-0.3, -0.25) is 5.32 Å². The second-order valence-electron chi connectivity index (χ2n) is 9.44. The number of hydrogen-bond acceptors (Lipinski definition) is 4. The van der Waals surface area contributed by atoms with Gasteiger partial charge in [-0.1, -0.05) is 80.6 Å². The smallest absolute Gasteiger partial charge is 0.412 e. The number of carbonyl (C=O) groups excluding carboxylic acids is 1. The van der Waals surface area contributed by atoms with Crippen molar-refractivity contribution in [1.82, 2.24) is 4.90 Å². The maximum absolute atomic E-state index is 12.6. The minimum atomic E-state index is -0.549. The second kappa shape index (κ2) is 14.7. The molecule has 2 rings (SSSR count). The van der Waals surface area contributed by atoms with Crippen molar-refractivity contribution in [3.05, 3.63) is 54.6 Å². The van der Waals surface area contributed by atoms with E-state index in [0.717, 1.165) is 49.2 Å². The van der Waals surface area contributed by atoms with Crippen LogP contribution >= 0.6 is 0 Å². The van der Waals surface area contributed by atoms with Gasteiger partial charge in [0.1, 0.15) is 5.60 Å². The number of benzene rings is 2. The number of unbranched alkanes of at least 4 members (excludes halogenated alkanes) is 6. The number of nitrogens with one attached hydrogen (secondary N) is 1. The molecule has 0 atom stereocenters. The zero-order valence-electron chi connectivity index (χ0n) is 20.7. The van der Waals surface area contributed by atoms with Gasteiger partial charge in [-0.25, -0.2) is 4.79 Å². The fraction of sp³-hybridized carbons (Fsp3) is 0.536. The van der Waals surface area contributed by atoms with Crippen LogP contribution in [0.5, 0.6) is 0 Å². The quantitative estimate of drug-likeness (QED) is 0.293. The molecule has 0 aromatic heterocycles. The van der Waals surface area contributed by atoms with E-state index in [-0.39, 0.29) is 0 Å². The maximum atomic E-state index is 12.6. The van der Waals surface area contributed by atoms with Crippen LogP contribution < -0.4 is 5.32 Å². The lowest BCUT2D eigenvalue weighted by Gasteiger charge is -2.28. The summed E-state index contributed by atoms with van der Waals surface area (Å²) < 4.78 is 5.78. The Morgan fingerprint density at radius 1 is 0.879 bits per heavy atom. The van der Waals surface area contributed by atoms with E-state index in [1.807, 2.05) is 68.4 Å². The van der Waals surface area contributed by atoms with Gasteiger partial charge < -0.3 is 14.7 Å². The Labute approximate surface area is 200 Å². The standard InChI is InChI=1S/C28H42N2O3/c1-28(2,20-22-30(3)21-14-7-5-4-6-8-15-23-31)33-27(32)29-26-19-13-12-18-25(26)24-16-10-9-11-17-24/h9-13,16-19,31H,4-8,14-15,20-23H2,1-3H3,(H,29,32). The molecule has 33 heavy (non-hydrogen) atoms. The molecule has 0 radical (unpaired) electrons. The number of aliphatic hydroxyl groups excluding tert-OH is 1. The SMILES string of the molecule is CN(CCCCCCCCCO)CCC(C)(C)OC(=O)Nc1ccccc1-c1ccccc1. The molecule has 0 aliphatic rings. The summed E-state index contributed by atoms with van der Waals surface area (Å²) in [5, 5.41) is 11.7. The summed E-state index contributed by atoms with van der Waals surface area (Å²) in [5.74, 6) is 0. The van der Waals surface area contributed by atoms with Crippen LogP contribution in [0.3, 0.4) is 0 Å². The number of para-hydroxylation sites is 1. The van der Waals surface area contributed by atoms with Crippen LogP contribution in [0.2, 0.25) is 0 Å². The molecule has 2 aromatic rings. The van der Waals surface area contributed by atoms with E-state index in [4.69, 9.17) is 9.84 Å². The van der Waals surface area contributed by atoms with E-state index in [1.165, 1.54) is 32.1 Å². The van der Waals surface area contributed by atoms with Crippen LogP contribution in [-0.2, 0) is 4.74 Å². The molecule has 0 unspecified atom stereocenters. The number of rotatable bonds is 15. The van der Waals surface area contributed by atoms with Gasteiger partial charge in [0.25, 0.3) is 0 Å². The predicted molar refractivity (Wildman–Crippen MR) is 138 cm³/mol. The summed E-state index contributed by atoms with van der Waals surface area (Å²) >= 11 is 0. The maximum Gasteiger partial charge on any atom is 0.412 e. The average molecular weight is 455 g/mol. The lowest BCUT2D eigenvalue weighted by atomic mass is 10.0. The largest absolute Gasteiger partial charge is 0.443 e. The van der Waals surface area contributed by atoms with Crippen molar-refractivity contribution < 1.29 is 14.6 Å². The van der Waals surface area contributed by atoms with Crippen molar-refractivity contribution in [2.45, 2.75) is 70.8 Å². The van der Waals surface area contributed by atoms with E-state index in [1.54, 1.807) is 0 Å². The highest BCUT2D eigenvalue weighted by Gasteiger charge is 2.24. The van der Waals surface area contributed by atoms with E-state index < -0.39 is 11.7 Å². The lowest BCUT2D eigenvalue weighted by molar-refractivity contribution is 0.0357. The third-order valence-corrected chi connectivity index (χ3v) is 5.91. The number of nitrogens with zero attached hydrogens (tertiary/aromatic N) is 1. The summed E-state index contributed by atoms with van der Waals surface area (Å²) in [5.41, 5.74) is 2.23. The molecule has 2 aromatic carbocycles. The fourth-order valence-electron chi connectivity index (χ4n) is 3.85. The van der Waals surface area contributed by atoms with Crippen molar-refractivity contribution in [1.29, 1.82) is 0 Å². The van der Waals surface area contributed by atoms with Crippen LogP contribution in [0.15, 0.2) is 54.6 Å². The van der Waals surface area contributed by atoms with Crippen LogP contribution in [0, 0.1) is 0 Å². The molecule has 0 bridgehead atoms. The Kier molecular flexibility index (Phi) is 12.0. The molecule has 0 saturated carbocycles. The van der Waals surface area contributed by atoms with Crippen LogP contribution in [-0.4, -0.2) is 48.4 Å². The van der Waals surface area contributed by atoms with Crippen LogP contribution in [0.1, 0.15) is 65.2 Å². The Morgan fingerprint density at radius 2 is 1.48 bits per heavy atom.